The van der Waals surface area contributed by atoms with Gasteiger partial charge in [-0.1, -0.05) is 42.5 Å². The molecule has 1 amide bonds. The van der Waals surface area contributed by atoms with Crippen LogP contribution in [0.25, 0.3) is 0 Å². The highest BCUT2D eigenvalue weighted by molar-refractivity contribution is 5.78. The summed E-state index contributed by atoms with van der Waals surface area (Å²) in [4.78, 5) is 16.7. The van der Waals surface area contributed by atoms with Gasteiger partial charge >= 0.3 is 0 Å². The maximum absolute atomic E-state index is 12.5. The third kappa shape index (κ3) is 4.18. The fourth-order valence-electron chi connectivity index (χ4n) is 3.04. The second-order valence-electron chi connectivity index (χ2n) is 5.90. The predicted octanol–water partition coefficient (Wildman–Crippen LogP) is 3.25. The fourth-order valence-corrected chi connectivity index (χ4v) is 3.04. The summed E-state index contributed by atoms with van der Waals surface area (Å²) < 4.78 is 0. The van der Waals surface area contributed by atoms with Crippen LogP contribution in [0.5, 0.6) is 0 Å². The molecule has 0 spiro atoms. The van der Waals surface area contributed by atoms with E-state index in [1.54, 1.807) is 0 Å². The molecule has 1 aliphatic rings. The van der Waals surface area contributed by atoms with E-state index in [0.717, 1.165) is 25.1 Å². The molecule has 0 aliphatic carbocycles. The molecular formula is C18H26N2O. The van der Waals surface area contributed by atoms with Gasteiger partial charge in [-0.25, -0.2) is 0 Å². The van der Waals surface area contributed by atoms with Crippen LogP contribution < -0.4 is 0 Å². The summed E-state index contributed by atoms with van der Waals surface area (Å²) in [6.45, 7) is 10.8. The number of hydrogen-bond donors (Lipinski definition) is 0. The first-order valence-electron chi connectivity index (χ1n) is 7.83. The molecule has 114 valence electrons. The van der Waals surface area contributed by atoms with Gasteiger partial charge in [0.2, 0.25) is 5.91 Å². The minimum Gasteiger partial charge on any atom is -0.338 e. The van der Waals surface area contributed by atoms with Gasteiger partial charge < -0.3 is 4.90 Å². The number of carbonyl (C=O) groups is 1. The Morgan fingerprint density at radius 3 is 2.71 bits per heavy atom. The van der Waals surface area contributed by atoms with Crippen molar-refractivity contribution < 1.29 is 4.79 Å². The van der Waals surface area contributed by atoms with E-state index in [1.165, 1.54) is 12.0 Å². The van der Waals surface area contributed by atoms with Crippen molar-refractivity contribution in [2.45, 2.75) is 32.7 Å². The van der Waals surface area contributed by atoms with E-state index >= 15 is 0 Å². The monoisotopic (exact) mass is 286 g/mol. The lowest BCUT2D eigenvalue weighted by atomic mass is 10.0. The first kappa shape index (κ1) is 15.8. The van der Waals surface area contributed by atoms with Crippen LogP contribution in [0, 0.1) is 0 Å². The Morgan fingerprint density at radius 2 is 2.10 bits per heavy atom. The van der Waals surface area contributed by atoms with Gasteiger partial charge in [0, 0.05) is 19.1 Å². The molecule has 3 nitrogen and oxygen atoms in total. The Hall–Kier alpha value is -1.61. The highest BCUT2D eigenvalue weighted by atomic mass is 16.2. The van der Waals surface area contributed by atoms with Crippen molar-refractivity contribution in [3.05, 3.63) is 48.0 Å². The minimum absolute atomic E-state index is 0.211. The Bertz CT molecular complexity index is 483. The van der Waals surface area contributed by atoms with E-state index in [1.807, 2.05) is 24.8 Å². The second-order valence-corrected chi connectivity index (χ2v) is 5.90. The van der Waals surface area contributed by atoms with Crippen LogP contribution in [-0.4, -0.2) is 41.9 Å². The molecule has 1 atom stereocenters. The molecule has 0 aromatic heterocycles. The predicted molar refractivity (Wildman–Crippen MR) is 87.1 cm³/mol. The molecule has 3 heteroatoms. The number of benzene rings is 1. The summed E-state index contributed by atoms with van der Waals surface area (Å²) >= 11 is 0. The molecule has 1 fully saturated rings. The molecule has 1 aliphatic heterocycles. The van der Waals surface area contributed by atoms with Crippen LogP contribution in [0.15, 0.2) is 42.5 Å². The number of likely N-dealkylation sites (N-methyl/N-ethyl adjacent to an activating group) is 1. The Morgan fingerprint density at radius 1 is 1.38 bits per heavy atom. The van der Waals surface area contributed by atoms with E-state index in [2.05, 4.69) is 35.7 Å². The largest absolute Gasteiger partial charge is 0.338 e. The quantitative estimate of drug-likeness (QED) is 0.750. The van der Waals surface area contributed by atoms with Crippen LogP contribution in [-0.2, 0) is 4.79 Å². The summed E-state index contributed by atoms with van der Waals surface area (Å²) in [6, 6.07) is 10.9. The zero-order valence-corrected chi connectivity index (χ0v) is 13.2. The van der Waals surface area contributed by atoms with Crippen molar-refractivity contribution in [2.75, 3.05) is 26.2 Å². The molecule has 0 N–H and O–H groups in total. The average molecular weight is 286 g/mol. The van der Waals surface area contributed by atoms with E-state index in [4.69, 9.17) is 0 Å². The molecule has 1 saturated heterocycles. The molecule has 0 radical (unpaired) electrons. The van der Waals surface area contributed by atoms with Crippen molar-refractivity contribution in [1.82, 2.24) is 9.80 Å². The number of likely N-dealkylation sites (tertiary alicyclic amines) is 1. The van der Waals surface area contributed by atoms with Gasteiger partial charge in [0.05, 0.1) is 6.54 Å². The molecule has 1 heterocycles. The standard InChI is InChI=1S/C18H26N2O/c1-4-19(13-15(2)3)18(21)14-20-12-8-11-17(20)16-9-6-5-7-10-16/h5-7,9-10,17H,2,4,8,11-14H2,1,3H3. The van der Waals surface area contributed by atoms with Gasteiger partial charge in [0.15, 0.2) is 0 Å². The molecule has 1 aromatic carbocycles. The smallest absolute Gasteiger partial charge is 0.237 e. The maximum Gasteiger partial charge on any atom is 0.237 e. The van der Waals surface area contributed by atoms with Crippen molar-refractivity contribution in [3.63, 3.8) is 0 Å². The summed E-state index contributed by atoms with van der Waals surface area (Å²) in [5, 5.41) is 0. The fraction of sp³-hybridized carbons (Fsp3) is 0.500. The molecule has 0 bridgehead atoms. The number of carbonyl (C=O) groups excluding carboxylic acids is 1. The molecule has 1 aromatic rings. The van der Waals surface area contributed by atoms with Gasteiger partial charge in [-0.2, -0.15) is 0 Å². The lowest BCUT2D eigenvalue weighted by Crippen LogP contribution is -2.40. The van der Waals surface area contributed by atoms with Gasteiger partial charge in [0.1, 0.15) is 0 Å². The lowest BCUT2D eigenvalue weighted by molar-refractivity contribution is -0.132. The number of rotatable bonds is 6. The van der Waals surface area contributed by atoms with Crippen LogP contribution in [0.2, 0.25) is 0 Å². The number of hydrogen-bond acceptors (Lipinski definition) is 2. The zero-order valence-electron chi connectivity index (χ0n) is 13.2. The molecular weight excluding hydrogens is 260 g/mol. The van der Waals surface area contributed by atoms with E-state index in [-0.39, 0.29) is 5.91 Å². The highest BCUT2D eigenvalue weighted by Crippen LogP contribution is 2.31. The van der Waals surface area contributed by atoms with Crippen molar-refractivity contribution in [3.8, 4) is 0 Å². The van der Waals surface area contributed by atoms with Gasteiger partial charge in [-0.05, 0) is 38.8 Å². The summed E-state index contributed by atoms with van der Waals surface area (Å²) in [5.41, 5.74) is 2.36. The van der Waals surface area contributed by atoms with E-state index < -0.39 is 0 Å². The summed E-state index contributed by atoms with van der Waals surface area (Å²) in [5.74, 6) is 0.211. The van der Waals surface area contributed by atoms with Crippen LogP contribution in [0.1, 0.15) is 38.3 Å². The normalized spacial score (nSPS) is 18.7. The third-order valence-electron chi connectivity index (χ3n) is 4.08. The Labute approximate surface area is 128 Å². The molecule has 1 unspecified atom stereocenters. The van der Waals surface area contributed by atoms with Gasteiger partial charge in [-0.15, -0.1) is 0 Å². The van der Waals surface area contributed by atoms with Crippen molar-refractivity contribution in [1.29, 1.82) is 0 Å². The summed E-state index contributed by atoms with van der Waals surface area (Å²) in [7, 11) is 0. The minimum atomic E-state index is 0.211. The molecule has 2 rings (SSSR count). The maximum atomic E-state index is 12.5. The highest BCUT2D eigenvalue weighted by Gasteiger charge is 2.28. The Balaban J connectivity index is 2.00. The lowest BCUT2D eigenvalue weighted by Gasteiger charge is -2.28. The average Bonchev–Trinajstić information content (AvgIpc) is 2.93. The molecule has 0 saturated carbocycles. The second kappa shape index (κ2) is 7.41. The SMILES string of the molecule is C=C(C)CN(CC)C(=O)CN1CCCC1c1ccccc1. The topological polar surface area (TPSA) is 23.6 Å². The van der Waals surface area contributed by atoms with Gasteiger partial charge in [-0.3, -0.25) is 9.69 Å². The van der Waals surface area contributed by atoms with Crippen LogP contribution >= 0.6 is 0 Å². The molecule has 21 heavy (non-hydrogen) atoms. The van der Waals surface area contributed by atoms with Gasteiger partial charge in [0.25, 0.3) is 0 Å². The van der Waals surface area contributed by atoms with Crippen molar-refractivity contribution in [2.24, 2.45) is 0 Å². The zero-order chi connectivity index (χ0) is 15.2. The third-order valence-corrected chi connectivity index (χ3v) is 4.08. The van der Waals surface area contributed by atoms with E-state index in [0.29, 0.717) is 19.1 Å². The van der Waals surface area contributed by atoms with Crippen LogP contribution in [0.3, 0.4) is 0 Å². The first-order valence-corrected chi connectivity index (χ1v) is 7.83. The van der Waals surface area contributed by atoms with Crippen molar-refractivity contribution >= 4 is 5.91 Å². The first-order chi connectivity index (χ1) is 10.1. The van der Waals surface area contributed by atoms with E-state index in [9.17, 15) is 4.79 Å². The Kier molecular flexibility index (Phi) is 5.57. The number of nitrogens with zero attached hydrogens (tertiary/aromatic N) is 2. The number of amides is 1. The van der Waals surface area contributed by atoms with Crippen LogP contribution in [0.4, 0.5) is 0 Å². The summed E-state index contributed by atoms with van der Waals surface area (Å²) in [6.07, 6.45) is 2.31.